The number of rotatable bonds is 10. The van der Waals surface area contributed by atoms with E-state index in [1.165, 1.54) is 11.1 Å². The first-order valence-corrected chi connectivity index (χ1v) is 12.1. The van der Waals surface area contributed by atoms with E-state index in [1.54, 1.807) is 12.0 Å². The lowest BCUT2D eigenvalue weighted by molar-refractivity contribution is -0.145. The van der Waals surface area contributed by atoms with Crippen molar-refractivity contribution in [2.24, 2.45) is 5.41 Å². The molecule has 0 N–H and O–H groups in total. The molecule has 188 valence electrons. The molecular formula is C28H43N3O3. The minimum Gasteiger partial charge on any atom is -0.383 e. The van der Waals surface area contributed by atoms with Crippen LogP contribution in [0.5, 0.6) is 0 Å². The van der Waals surface area contributed by atoms with Gasteiger partial charge in [0.1, 0.15) is 0 Å². The SMILES string of the molecule is COCCN(CC(=O)N(Cc1cccn1Cc1cccc(C)c1)C(C)(C)C)C(=O)CC(C)(C)C. The smallest absolute Gasteiger partial charge is 0.242 e. The van der Waals surface area contributed by atoms with Gasteiger partial charge in [-0.1, -0.05) is 50.6 Å². The molecule has 34 heavy (non-hydrogen) atoms. The van der Waals surface area contributed by atoms with Crippen LogP contribution in [0.1, 0.15) is 64.8 Å². The van der Waals surface area contributed by atoms with E-state index in [0.29, 0.717) is 26.1 Å². The van der Waals surface area contributed by atoms with E-state index in [9.17, 15) is 9.59 Å². The summed E-state index contributed by atoms with van der Waals surface area (Å²) >= 11 is 0. The molecule has 1 aromatic carbocycles. The average molecular weight is 470 g/mol. The van der Waals surface area contributed by atoms with E-state index in [1.807, 2.05) is 52.5 Å². The van der Waals surface area contributed by atoms with Crippen LogP contribution in [-0.4, -0.2) is 58.5 Å². The van der Waals surface area contributed by atoms with Crippen LogP contribution in [0.25, 0.3) is 0 Å². The molecule has 0 unspecified atom stereocenters. The lowest BCUT2D eigenvalue weighted by Crippen LogP contribution is -2.51. The third-order valence-corrected chi connectivity index (χ3v) is 5.72. The molecule has 6 nitrogen and oxygen atoms in total. The molecule has 0 aliphatic carbocycles. The number of carbonyl (C=O) groups is 2. The number of ether oxygens (including phenoxy) is 1. The van der Waals surface area contributed by atoms with Crippen molar-refractivity contribution in [2.45, 2.75) is 73.5 Å². The van der Waals surface area contributed by atoms with E-state index < -0.39 is 5.54 Å². The Labute approximate surface area is 205 Å². The highest BCUT2D eigenvalue weighted by Gasteiger charge is 2.30. The second kappa shape index (κ2) is 11.7. The number of hydrogen-bond donors (Lipinski definition) is 0. The molecule has 1 aromatic heterocycles. The molecule has 0 fully saturated rings. The molecular weight excluding hydrogens is 426 g/mol. The molecule has 0 bridgehead atoms. The van der Waals surface area contributed by atoms with Crippen LogP contribution < -0.4 is 0 Å². The summed E-state index contributed by atoms with van der Waals surface area (Å²) in [6.07, 6.45) is 2.44. The molecule has 0 radical (unpaired) electrons. The summed E-state index contributed by atoms with van der Waals surface area (Å²) in [6, 6.07) is 12.6. The molecule has 2 amide bonds. The molecule has 0 aliphatic heterocycles. The van der Waals surface area contributed by atoms with E-state index in [0.717, 1.165) is 12.2 Å². The van der Waals surface area contributed by atoms with Gasteiger partial charge in [-0.3, -0.25) is 9.59 Å². The zero-order chi connectivity index (χ0) is 25.5. The Bertz CT molecular complexity index is 950. The molecule has 6 heteroatoms. The van der Waals surface area contributed by atoms with Gasteiger partial charge in [0, 0.05) is 44.0 Å². The highest BCUT2D eigenvalue weighted by molar-refractivity contribution is 5.85. The quantitative estimate of drug-likeness (QED) is 0.498. The molecule has 0 saturated heterocycles. The van der Waals surface area contributed by atoms with E-state index in [-0.39, 0.29) is 23.8 Å². The first-order valence-electron chi connectivity index (χ1n) is 12.1. The van der Waals surface area contributed by atoms with E-state index in [4.69, 9.17) is 4.74 Å². The fourth-order valence-corrected chi connectivity index (χ4v) is 3.92. The summed E-state index contributed by atoms with van der Waals surface area (Å²) in [4.78, 5) is 30.0. The van der Waals surface area contributed by atoms with E-state index >= 15 is 0 Å². The van der Waals surface area contributed by atoms with Gasteiger partial charge in [0.15, 0.2) is 0 Å². The number of hydrogen-bond acceptors (Lipinski definition) is 3. The van der Waals surface area contributed by atoms with E-state index in [2.05, 4.69) is 48.0 Å². The number of nitrogens with zero attached hydrogens (tertiary/aromatic N) is 3. The van der Waals surface area contributed by atoms with Gasteiger partial charge < -0.3 is 19.1 Å². The largest absolute Gasteiger partial charge is 0.383 e. The highest BCUT2D eigenvalue weighted by Crippen LogP contribution is 2.22. The Balaban J connectivity index is 2.21. The van der Waals surface area contributed by atoms with Crippen LogP contribution in [0.3, 0.4) is 0 Å². The molecule has 0 spiro atoms. The molecule has 0 saturated carbocycles. The fourth-order valence-electron chi connectivity index (χ4n) is 3.92. The monoisotopic (exact) mass is 469 g/mol. The first kappa shape index (κ1) is 27.6. The lowest BCUT2D eigenvalue weighted by atomic mass is 9.91. The van der Waals surface area contributed by atoms with Gasteiger partial charge in [-0.05, 0) is 50.8 Å². The first-order chi connectivity index (χ1) is 15.8. The van der Waals surface area contributed by atoms with Crippen LogP contribution in [0.2, 0.25) is 0 Å². The average Bonchev–Trinajstić information content (AvgIpc) is 3.13. The van der Waals surface area contributed by atoms with Gasteiger partial charge >= 0.3 is 0 Å². The van der Waals surface area contributed by atoms with Crippen molar-refractivity contribution in [3.05, 3.63) is 59.4 Å². The van der Waals surface area contributed by atoms with Gasteiger partial charge in [-0.2, -0.15) is 0 Å². The maximum Gasteiger partial charge on any atom is 0.242 e. The summed E-state index contributed by atoms with van der Waals surface area (Å²) in [5.41, 5.74) is 2.98. The van der Waals surface area contributed by atoms with Gasteiger partial charge in [0.2, 0.25) is 11.8 Å². The maximum atomic E-state index is 13.6. The van der Waals surface area contributed by atoms with Crippen LogP contribution in [-0.2, 0) is 27.4 Å². The summed E-state index contributed by atoms with van der Waals surface area (Å²) in [5, 5.41) is 0. The van der Waals surface area contributed by atoms with Crippen molar-refractivity contribution in [1.82, 2.24) is 14.4 Å². The number of carbonyl (C=O) groups excluding carboxylic acids is 2. The predicted octanol–water partition coefficient (Wildman–Crippen LogP) is 4.88. The van der Waals surface area contributed by atoms with Crippen molar-refractivity contribution in [3.63, 3.8) is 0 Å². The highest BCUT2D eigenvalue weighted by atomic mass is 16.5. The number of aryl methyl sites for hydroxylation is 1. The van der Waals surface area contributed by atoms with Gasteiger partial charge in [0.25, 0.3) is 0 Å². The Morgan fingerprint density at radius 2 is 1.71 bits per heavy atom. The minimum absolute atomic E-state index is 0.0189. The lowest BCUT2D eigenvalue weighted by Gasteiger charge is -2.38. The van der Waals surface area contributed by atoms with Crippen molar-refractivity contribution in [1.29, 1.82) is 0 Å². The predicted molar refractivity (Wildman–Crippen MR) is 138 cm³/mol. The summed E-state index contributed by atoms with van der Waals surface area (Å²) in [7, 11) is 1.61. The summed E-state index contributed by atoms with van der Waals surface area (Å²) < 4.78 is 7.39. The van der Waals surface area contributed by atoms with Gasteiger partial charge in [-0.15, -0.1) is 0 Å². The van der Waals surface area contributed by atoms with Crippen molar-refractivity contribution in [3.8, 4) is 0 Å². The van der Waals surface area contributed by atoms with Crippen LogP contribution in [0, 0.1) is 12.3 Å². The fraction of sp³-hybridized carbons (Fsp3) is 0.571. The Hall–Kier alpha value is -2.60. The Morgan fingerprint density at radius 1 is 1.00 bits per heavy atom. The van der Waals surface area contributed by atoms with Crippen molar-refractivity contribution >= 4 is 11.8 Å². The number of amides is 2. The zero-order valence-electron chi connectivity index (χ0n) is 22.4. The second-order valence-electron chi connectivity index (χ2n) is 11.3. The third kappa shape index (κ3) is 8.64. The topological polar surface area (TPSA) is 54.8 Å². The number of benzene rings is 1. The maximum absolute atomic E-state index is 13.6. The second-order valence-corrected chi connectivity index (χ2v) is 11.3. The van der Waals surface area contributed by atoms with Crippen LogP contribution in [0.15, 0.2) is 42.6 Å². The normalized spacial score (nSPS) is 12.0. The standard InChI is InChI=1S/C28H43N3O3/c1-22-11-9-12-23(17-22)19-29-14-10-13-24(29)20-31(28(5,6)7)26(33)21-30(15-16-34-8)25(32)18-27(2,3)4/h9-14,17H,15-16,18-21H2,1-8H3. The minimum atomic E-state index is -0.393. The Kier molecular flexibility index (Phi) is 9.51. The van der Waals surface area contributed by atoms with Crippen molar-refractivity contribution in [2.75, 3.05) is 26.8 Å². The molecule has 0 aliphatic rings. The summed E-state index contributed by atoms with van der Waals surface area (Å²) in [5.74, 6) is -0.0799. The Morgan fingerprint density at radius 3 is 2.29 bits per heavy atom. The molecule has 1 heterocycles. The van der Waals surface area contributed by atoms with Gasteiger partial charge in [0.05, 0.1) is 19.7 Å². The van der Waals surface area contributed by atoms with Crippen LogP contribution in [0.4, 0.5) is 0 Å². The summed E-state index contributed by atoms with van der Waals surface area (Å²) in [6.45, 7) is 16.4. The zero-order valence-corrected chi connectivity index (χ0v) is 22.4. The third-order valence-electron chi connectivity index (χ3n) is 5.72. The number of methoxy groups -OCH3 is 1. The van der Waals surface area contributed by atoms with Crippen molar-refractivity contribution < 1.29 is 14.3 Å². The molecule has 2 aromatic rings. The molecule has 0 atom stereocenters. The molecule has 2 rings (SSSR count). The number of aromatic nitrogens is 1. The van der Waals surface area contributed by atoms with Gasteiger partial charge in [-0.25, -0.2) is 0 Å². The van der Waals surface area contributed by atoms with Crippen LogP contribution >= 0.6 is 0 Å².